The summed E-state index contributed by atoms with van der Waals surface area (Å²) in [6.45, 7) is 10.0. The molecule has 6 heteroatoms. The molecule has 3 rings (SSSR count). The van der Waals surface area contributed by atoms with Crippen LogP contribution in [0.1, 0.15) is 25.5 Å². The lowest BCUT2D eigenvalue weighted by Gasteiger charge is -2.30. The van der Waals surface area contributed by atoms with Crippen molar-refractivity contribution >= 4 is 5.69 Å². The molecule has 1 N–H and O–H groups in total. The van der Waals surface area contributed by atoms with E-state index in [9.17, 15) is 4.79 Å². The molecule has 22 heavy (non-hydrogen) atoms. The van der Waals surface area contributed by atoms with E-state index in [1.165, 1.54) is 10.4 Å². The molecular weight excluding hydrogens is 278 g/mol. The Bertz CT molecular complexity index is 710. The molecule has 6 nitrogen and oxygen atoms in total. The van der Waals surface area contributed by atoms with E-state index in [-0.39, 0.29) is 11.7 Å². The number of hydrogen-bond acceptors (Lipinski definition) is 4. The van der Waals surface area contributed by atoms with E-state index in [0.29, 0.717) is 0 Å². The minimum absolute atomic E-state index is 0.0641. The predicted molar refractivity (Wildman–Crippen MR) is 88.0 cm³/mol. The molecule has 1 aliphatic rings. The SMILES string of the molecule is Cc1cc(N2CCNCC2)ccc1-n1cnn(C(C)C)c1=O. The van der Waals surface area contributed by atoms with Gasteiger partial charge in [-0.1, -0.05) is 0 Å². The van der Waals surface area contributed by atoms with Gasteiger partial charge in [0.25, 0.3) is 0 Å². The van der Waals surface area contributed by atoms with Crippen molar-refractivity contribution in [2.45, 2.75) is 26.8 Å². The Morgan fingerprint density at radius 1 is 1.23 bits per heavy atom. The zero-order valence-electron chi connectivity index (χ0n) is 13.4. The summed E-state index contributed by atoms with van der Waals surface area (Å²) in [6, 6.07) is 6.32. The van der Waals surface area contributed by atoms with Crippen molar-refractivity contribution in [3.63, 3.8) is 0 Å². The highest BCUT2D eigenvalue weighted by atomic mass is 16.2. The number of rotatable bonds is 3. The number of benzene rings is 1. The van der Waals surface area contributed by atoms with Crippen molar-refractivity contribution in [2.24, 2.45) is 0 Å². The molecule has 1 aromatic carbocycles. The van der Waals surface area contributed by atoms with Crippen LogP contribution in [0, 0.1) is 6.92 Å². The highest BCUT2D eigenvalue weighted by Crippen LogP contribution is 2.21. The first kappa shape index (κ1) is 14.8. The van der Waals surface area contributed by atoms with Gasteiger partial charge in [-0.05, 0) is 44.5 Å². The van der Waals surface area contributed by atoms with Crippen molar-refractivity contribution in [2.75, 3.05) is 31.1 Å². The second-order valence-electron chi connectivity index (χ2n) is 6.03. The highest BCUT2D eigenvalue weighted by Gasteiger charge is 2.14. The zero-order valence-corrected chi connectivity index (χ0v) is 13.4. The Morgan fingerprint density at radius 2 is 1.95 bits per heavy atom. The zero-order chi connectivity index (χ0) is 15.7. The van der Waals surface area contributed by atoms with Gasteiger partial charge in [0, 0.05) is 31.9 Å². The first-order chi connectivity index (χ1) is 10.6. The Kier molecular flexibility index (Phi) is 4.02. The Balaban J connectivity index is 1.94. The van der Waals surface area contributed by atoms with E-state index in [2.05, 4.69) is 27.4 Å². The van der Waals surface area contributed by atoms with Gasteiger partial charge in [-0.15, -0.1) is 0 Å². The van der Waals surface area contributed by atoms with Crippen LogP contribution >= 0.6 is 0 Å². The standard InChI is InChI=1S/C16H23N5O/c1-12(2)21-16(22)20(11-18-21)15-5-4-14(10-13(15)3)19-8-6-17-7-9-19/h4-5,10-12,17H,6-9H2,1-3H3. The van der Waals surface area contributed by atoms with Crippen LogP contribution in [0.15, 0.2) is 29.3 Å². The molecule has 0 amide bonds. The Morgan fingerprint density at radius 3 is 2.55 bits per heavy atom. The average Bonchev–Trinajstić information content (AvgIpc) is 2.90. The first-order valence-corrected chi connectivity index (χ1v) is 7.81. The average molecular weight is 301 g/mol. The summed E-state index contributed by atoms with van der Waals surface area (Å²) in [7, 11) is 0. The van der Waals surface area contributed by atoms with Crippen LogP contribution in [-0.4, -0.2) is 40.5 Å². The molecule has 0 saturated carbocycles. The number of nitrogens with one attached hydrogen (secondary N) is 1. The van der Waals surface area contributed by atoms with Gasteiger partial charge in [-0.2, -0.15) is 5.10 Å². The summed E-state index contributed by atoms with van der Waals surface area (Å²) < 4.78 is 3.13. The van der Waals surface area contributed by atoms with Crippen LogP contribution in [-0.2, 0) is 0 Å². The third kappa shape index (κ3) is 2.66. The Labute approximate surface area is 130 Å². The van der Waals surface area contributed by atoms with Crippen molar-refractivity contribution in [3.8, 4) is 5.69 Å². The number of nitrogens with zero attached hydrogens (tertiary/aromatic N) is 4. The third-order valence-corrected chi connectivity index (χ3v) is 4.10. The molecule has 2 heterocycles. The lowest BCUT2D eigenvalue weighted by atomic mass is 10.1. The van der Waals surface area contributed by atoms with Gasteiger partial charge in [0.05, 0.1) is 11.7 Å². The molecule has 1 aliphatic heterocycles. The topological polar surface area (TPSA) is 55.1 Å². The number of aryl methyl sites for hydroxylation is 1. The monoisotopic (exact) mass is 301 g/mol. The maximum Gasteiger partial charge on any atom is 0.350 e. The summed E-state index contributed by atoms with van der Waals surface area (Å²) in [5, 5.41) is 7.55. The van der Waals surface area contributed by atoms with Crippen LogP contribution in [0.2, 0.25) is 0 Å². The Hall–Kier alpha value is -2.08. The van der Waals surface area contributed by atoms with Gasteiger partial charge in [0.15, 0.2) is 0 Å². The highest BCUT2D eigenvalue weighted by molar-refractivity contribution is 5.55. The number of piperazine rings is 1. The minimum atomic E-state index is -0.0898. The lowest BCUT2D eigenvalue weighted by Crippen LogP contribution is -2.43. The molecule has 1 saturated heterocycles. The van der Waals surface area contributed by atoms with Crippen molar-refractivity contribution in [1.82, 2.24) is 19.7 Å². The van der Waals surface area contributed by atoms with E-state index in [1.54, 1.807) is 10.9 Å². The fourth-order valence-corrected chi connectivity index (χ4v) is 2.87. The van der Waals surface area contributed by atoms with Gasteiger partial charge in [-0.25, -0.2) is 14.0 Å². The third-order valence-electron chi connectivity index (χ3n) is 4.10. The number of aromatic nitrogens is 3. The summed E-state index contributed by atoms with van der Waals surface area (Å²) >= 11 is 0. The molecule has 0 bridgehead atoms. The maximum absolute atomic E-state index is 12.4. The molecule has 1 aromatic heterocycles. The van der Waals surface area contributed by atoms with Crippen LogP contribution in [0.25, 0.3) is 5.69 Å². The van der Waals surface area contributed by atoms with Gasteiger partial charge in [0.2, 0.25) is 0 Å². The fraction of sp³-hybridized carbons (Fsp3) is 0.500. The van der Waals surface area contributed by atoms with Crippen molar-refractivity contribution in [1.29, 1.82) is 0 Å². The summed E-state index contributed by atoms with van der Waals surface area (Å²) in [5.74, 6) is 0. The molecule has 0 radical (unpaired) electrons. The number of hydrogen-bond donors (Lipinski definition) is 1. The minimum Gasteiger partial charge on any atom is -0.369 e. The number of anilines is 1. The summed E-state index contributed by atoms with van der Waals surface area (Å²) in [4.78, 5) is 14.8. The summed E-state index contributed by atoms with van der Waals surface area (Å²) in [5.41, 5.74) is 3.11. The van der Waals surface area contributed by atoms with Crippen LogP contribution in [0.3, 0.4) is 0 Å². The predicted octanol–water partition coefficient (Wildman–Crippen LogP) is 1.33. The van der Waals surface area contributed by atoms with E-state index in [1.807, 2.05) is 26.8 Å². The van der Waals surface area contributed by atoms with Gasteiger partial charge in [0.1, 0.15) is 6.33 Å². The second kappa shape index (κ2) is 5.96. The molecule has 1 fully saturated rings. The molecule has 0 atom stereocenters. The maximum atomic E-state index is 12.4. The van der Waals surface area contributed by atoms with E-state index < -0.39 is 0 Å². The van der Waals surface area contributed by atoms with Gasteiger partial charge in [-0.3, -0.25) is 0 Å². The van der Waals surface area contributed by atoms with Crippen LogP contribution in [0.4, 0.5) is 5.69 Å². The normalized spacial score (nSPS) is 15.5. The first-order valence-electron chi connectivity index (χ1n) is 7.81. The lowest BCUT2D eigenvalue weighted by molar-refractivity contribution is 0.511. The molecular formula is C16H23N5O. The molecule has 118 valence electrons. The van der Waals surface area contributed by atoms with E-state index in [0.717, 1.165) is 37.4 Å². The largest absolute Gasteiger partial charge is 0.369 e. The van der Waals surface area contributed by atoms with Crippen molar-refractivity contribution in [3.05, 3.63) is 40.6 Å². The van der Waals surface area contributed by atoms with Crippen LogP contribution in [0.5, 0.6) is 0 Å². The second-order valence-corrected chi connectivity index (χ2v) is 6.03. The molecule has 0 spiro atoms. The van der Waals surface area contributed by atoms with E-state index >= 15 is 0 Å². The van der Waals surface area contributed by atoms with Gasteiger partial charge < -0.3 is 10.2 Å². The summed E-state index contributed by atoms with van der Waals surface area (Å²) in [6.07, 6.45) is 1.61. The molecule has 0 unspecified atom stereocenters. The molecule has 0 aliphatic carbocycles. The molecule has 2 aromatic rings. The fourth-order valence-electron chi connectivity index (χ4n) is 2.87. The quantitative estimate of drug-likeness (QED) is 0.929. The smallest absolute Gasteiger partial charge is 0.350 e. The van der Waals surface area contributed by atoms with Crippen molar-refractivity contribution < 1.29 is 0 Å². The van der Waals surface area contributed by atoms with Gasteiger partial charge >= 0.3 is 5.69 Å². The van der Waals surface area contributed by atoms with Crippen LogP contribution < -0.4 is 15.9 Å². The van der Waals surface area contributed by atoms with E-state index in [4.69, 9.17) is 0 Å².